The van der Waals surface area contributed by atoms with E-state index in [-0.39, 0.29) is 0 Å². The third kappa shape index (κ3) is 3.45. The van der Waals surface area contributed by atoms with Crippen molar-refractivity contribution in [1.29, 1.82) is 0 Å². The van der Waals surface area contributed by atoms with E-state index in [0.29, 0.717) is 12.0 Å². The van der Waals surface area contributed by atoms with Crippen molar-refractivity contribution >= 4 is 5.69 Å². The van der Waals surface area contributed by atoms with Gasteiger partial charge in [-0.2, -0.15) is 0 Å². The van der Waals surface area contributed by atoms with Crippen molar-refractivity contribution in [3.05, 3.63) is 23.8 Å². The molecule has 1 N–H and O–H groups in total. The molecule has 0 aliphatic carbocycles. The predicted molar refractivity (Wildman–Crippen MR) is 85.8 cm³/mol. The van der Waals surface area contributed by atoms with Crippen LogP contribution in [0.5, 0.6) is 5.75 Å². The fourth-order valence-corrected chi connectivity index (χ4v) is 3.11. The first-order valence-corrected chi connectivity index (χ1v) is 7.78. The van der Waals surface area contributed by atoms with Crippen LogP contribution >= 0.6 is 0 Å². The van der Waals surface area contributed by atoms with E-state index in [2.05, 4.69) is 49.2 Å². The summed E-state index contributed by atoms with van der Waals surface area (Å²) in [4.78, 5) is 2.52. The maximum Gasteiger partial charge on any atom is 0.119 e. The fourth-order valence-electron chi connectivity index (χ4n) is 3.11. The predicted octanol–water partition coefficient (Wildman–Crippen LogP) is 3.22. The van der Waals surface area contributed by atoms with Gasteiger partial charge in [0.1, 0.15) is 5.75 Å². The fraction of sp³-hybridized carbons (Fsp3) is 0.647. The van der Waals surface area contributed by atoms with Crippen molar-refractivity contribution in [3.8, 4) is 5.75 Å². The Hall–Kier alpha value is -1.22. The lowest BCUT2D eigenvalue weighted by Crippen LogP contribution is -2.48. The van der Waals surface area contributed by atoms with Gasteiger partial charge in [0.25, 0.3) is 0 Å². The summed E-state index contributed by atoms with van der Waals surface area (Å²) >= 11 is 0. The van der Waals surface area contributed by atoms with E-state index in [4.69, 9.17) is 4.74 Å². The van der Waals surface area contributed by atoms with Gasteiger partial charge < -0.3 is 15.0 Å². The molecule has 1 saturated heterocycles. The van der Waals surface area contributed by atoms with Gasteiger partial charge in [0, 0.05) is 24.8 Å². The summed E-state index contributed by atoms with van der Waals surface area (Å²) in [6.07, 6.45) is 2.44. The van der Waals surface area contributed by atoms with Gasteiger partial charge in [-0.15, -0.1) is 0 Å². The lowest BCUT2D eigenvalue weighted by atomic mass is 9.93. The molecule has 1 heterocycles. The lowest BCUT2D eigenvalue weighted by molar-refractivity contribution is 0.322. The zero-order valence-corrected chi connectivity index (χ0v) is 13.3. The molecule has 1 aliphatic heterocycles. The molecule has 0 amide bonds. The summed E-state index contributed by atoms with van der Waals surface area (Å²) < 4.78 is 5.29. The SMILES string of the molecule is CCCNC1CCN(c2ccc(OC)cc2C)CC1C. The normalized spacial score (nSPS) is 22.9. The second-order valence-electron chi connectivity index (χ2n) is 5.93. The van der Waals surface area contributed by atoms with Crippen molar-refractivity contribution in [3.63, 3.8) is 0 Å². The van der Waals surface area contributed by atoms with Crippen LogP contribution in [-0.2, 0) is 0 Å². The molecule has 1 fully saturated rings. The first-order chi connectivity index (χ1) is 9.65. The summed E-state index contributed by atoms with van der Waals surface area (Å²) in [6.45, 7) is 10.2. The summed E-state index contributed by atoms with van der Waals surface area (Å²) in [6, 6.07) is 7.06. The van der Waals surface area contributed by atoms with E-state index in [1.165, 1.54) is 24.1 Å². The zero-order chi connectivity index (χ0) is 14.5. The van der Waals surface area contributed by atoms with E-state index in [0.717, 1.165) is 25.4 Å². The number of methoxy groups -OCH3 is 1. The van der Waals surface area contributed by atoms with Crippen molar-refractivity contribution < 1.29 is 4.74 Å². The van der Waals surface area contributed by atoms with Gasteiger partial charge in [-0.05, 0) is 56.0 Å². The quantitative estimate of drug-likeness (QED) is 0.893. The topological polar surface area (TPSA) is 24.5 Å². The van der Waals surface area contributed by atoms with Gasteiger partial charge in [-0.1, -0.05) is 13.8 Å². The first-order valence-electron chi connectivity index (χ1n) is 7.78. The highest BCUT2D eigenvalue weighted by molar-refractivity contribution is 5.56. The summed E-state index contributed by atoms with van der Waals surface area (Å²) in [5.41, 5.74) is 2.66. The standard InChI is InChI=1S/C17H28N2O/c1-5-9-18-16-8-10-19(12-14(16)3)17-7-6-15(20-4)11-13(17)2/h6-7,11,14,16,18H,5,8-10,12H2,1-4H3. The smallest absolute Gasteiger partial charge is 0.119 e. The number of nitrogens with one attached hydrogen (secondary N) is 1. The minimum atomic E-state index is 0.671. The number of hydrogen-bond acceptors (Lipinski definition) is 3. The monoisotopic (exact) mass is 276 g/mol. The van der Waals surface area contributed by atoms with Crippen LogP contribution in [0.1, 0.15) is 32.3 Å². The number of nitrogens with zero attached hydrogens (tertiary/aromatic N) is 1. The Balaban J connectivity index is 2.01. The lowest BCUT2D eigenvalue weighted by Gasteiger charge is -2.39. The van der Waals surface area contributed by atoms with E-state index >= 15 is 0 Å². The van der Waals surface area contributed by atoms with Crippen LogP contribution in [0.4, 0.5) is 5.69 Å². The van der Waals surface area contributed by atoms with Crippen LogP contribution in [0.25, 0.3) is 0 Å². The number of aryl methyl sites for hydroxylation is 1. The molecular formula is C17H28N2O. The Morgan fingerprint density at radius 2 is 2.20 bits per heavy atom. The number of anilines is 1. The molecule has 1 aliphatic rings. The number of benzene rings is 1. The van der Waals surface area contributed by atoms with Gasteiger partial charge >= 0.3 is 0 Å². The van der Waals surface area contributed by atoms with Crippen LogP contribution in [-0.4, -0.2) is 32.8 Å². The highest BCUT2D eigenvalue weighted by Gasteiger charge is 2.26. The second-order valence-corrected chi connectivity index (χ2v) is 5.93. The van der Waals surface area contributed by atoms with Crippen LogP contribution < -0.4 is 15.0 Å². The molecule has 2 unspecified atom stereocenters. The van der Waals surface area contributed by atoms with Crippen LogP contribution in [0.3, 0.4) is 0 Å². The third-order valence-electron chi connectivity index (χ3n) is 4.31. The second kappa shape index (κ2) is 6.98. The molecule has 0 aromatic heterocycles. The molecule has 3 heteroatoms. The van der Waals surface area contributed by atoms with E-state index in [1.54, 1.807) is 7.11 Å². The van der Waals surface area contributed by atoms with Crippen molar-refractivity contribution in [2.24, 2.45) is 5.92 Å². The van der Waals surface area contributed by atoms with Crippen molar-refractivity contribution in [1.82, 2.24) is 5.32 Å². The number of rotatable bonds is 5. The molecule has 0 radical (unpaired) electrons. The largest absolute Gasteiger partial charge is 0.497 e. The molecule has 3 nitrogen and oxygen atoms in total. The van der Waals surface area contributed by atoms with Crippen molar-refractivity contribution in [2.75, 3.05) is 31.6 Å². The molecule has 2 atom stereocenters. The molecule has 20 heavy (non-hydrogen) atoms. The van der Waals surface area contributed by atoms with Gasteiger partial charge in [0.05, 0.1) is 7.11 Å². The van der Waals surface area contributed by atoms with Crippen LogP contribution in [0, 0.1) is 12.8 Å². The number of hydrogen-bond donors (Lipinski definition) is 1. The Labute approximate surface area is 123 Å². The zero-order valence-electron chi connectivity index (χ0n) is 13.3. The highest BCUT2D eigenvalue weighted by Crippen LogP contribution is 2.28. The van der Waals surface area contributed by atoms with E-state index in [9.17, 15) is 0 Å². The third-order valence-corrected chi connectivity index (χ3v) is 4.31. The molecular weight excluding hydrogens is 248 g/mol. The minimum Gasteiger partial charge on any atom is -0.497 e. The van der Waals surface area contributed by atoms with Crippen LogP contribution in [0.15, 0.2) is 18.2 Å². The maximum absolute atomic E-state index is 5.29. The first kappa shape index (κ1) is 15.2. The molecule has 1 aromatic rings. The number of ether oxygens (including phenoxy) is 1. The van der Waals surface area contributed by atoms with Gasteiger partial charge in [-0.3, -0.25) is 0 Å². The minimum absolute atomic E-state index is 0.671. The van der Waals surface area contributed by atoms with Gasteiger partial charge in [0.15, 0.2) is 0 Å². The number of piperidine rings is 1. The Kier molecular flexibility index (Phi) is 5.30. The average Bonchev–Trinajstić information content (AvgIpc) is 2.46. The van der Waals surface area contributed by atoms with Crippen LogP contribution in [0.2, 0.25) is 0 Å². The summed E-state index contributed by atoms with van der Waals surface area (Å²) in [5, 5.41) is 3.68. The Morgan fingerprint density at radius 1 is 1.40 bits per heavy atom. The summed E-state index contributed by atoms with van der Waals surface area (Å²) in [7, 11) is 1.72. The molecule has 0 spiro atoms. The van der Waals surface area contributed by atoms with Gasteiger partial charge in [0.2, 0.25) is 0 Å². The highest BCUT2D eigenvalue weighted by atomic mass is 16.5. The summed E-state index contributed by atoms with van der Waals surface area (Å²) in [5.74, 6) is 1.63. The Morgan fingerprint density at radius 3 is 2.80 bits per heavy atom. The molecule has 0 saturated carbocycles. The average molecular weight is 276 g/mol. The van der Waals surface area contributed by atoms with E-state index in [1.807, 2.05) is 0 Å². The molecule has 0 bridgehead atoms. The maximum atomic E-state index is 5.29. The van der Waals surface area contributed by atoms with E-state index < -0.39 is 0 Å². The molecule has 112 valence electrons. The molecule has 2 rings (SSSR count). The van der Waals surface area contributed by atoms with Gasteiger partial charge in [-0.25, -0.2) is 0 Å². The van der Waals surface area contributed by atoms with Crippen molar-refractivity contribution in [2.45, 2.75) is 39.7 Å². The molecule has 1 aromatic carbocycles. The Bertz CT molecular complexity index is 433.